The number of hydrogen-bond donors (Lipinski definition) is 1. The number of aryl methyl sites for hydroxylation is 1. The SMILES string of the molecule is Cc1nc(N(C)CC(=O)O)nc2ncoc12. The Balaban J connectivity index is 2.41. The van der Waals surface area contributed by atoms with Crippen LogP contribution in [0.4, 0.5) is 5.95 Å². The highest BCUT2D eigenvalue weighted by Gasteiger charge is 2.13. The zero-order valence-electron chi connectivity index (χ0n) is 8.84. The second-order valence-corrected chi connectivity index (χ2v) is 3.36. The Kier molecular flexibility index (Phi) is 2.43. The maximum Gasteiger partial charge on any atom is 0.323 e. The zero-order valence-corrected chi connectivity index (χ0v) is 8.84. The van der Waals surface area contributed by atoms with Crippen molar-refractivity contribution in [2.75, 3.05) is 18.5 Å². The van der Waals surface area contributed by atoms with Crippen molar-refractivity contribution in [2.24, 2.45) is 0 Å². The van der Waals surface area contributed by atoms with Gasteiger partial charge >= 0.3 is 5.97 Å². The summed E-state index contributed by atoms with van der Waals surface area (Å²) in [7, 11) is 1.61. The molecule has 2 heterocycles. The predicted molar refractivity (Wildman–Crippen MR) is 55.2 cm³/mol. The molecule has 2 aromatic heterocycles. The first-order valence-electron chi connectivity index (χ1n) is 4.58. The molecule has 7 nitrogen and oxygen atoms in total. The minimum absolute atomic E-state index is 0.164. The summed E-state index contributed by atoms with van der Waals surface area (Å²) in [5, 5.41) is 8.66. The van der Waals surface area contributed by atoms with Gasteiger partial charge in [-0.05, 0) is 6.92 Å². The normalized spacial score (nSPS) is 10.6. The number of likely N-dealkylation sites (N-methyl/N-ethyl adjacent to an activating group) is 1. The minimum atomic E-state index is -0.941. The lowest BCUT2D eigenvalue weighted by atomic mass is 10.4. The van der Waals surface area contributed by atoms with Crippen LogP contribution in [0.3, 0.4) is 0 Å². The van der Waals surface area contributed by atoms with E-state index in [0.29, 0.717) is 22.9 Å². The van der Waals surface area contributed by atoms with Crippen LogP contribution in [0.2, 0.25) is 0 Å². The lowest BCUT2D eigenvalue weighted by Crippen LogP contribution is -2.27. The Morgan fingerprint density at radius 1 is 1.56 bits per heavy atom. The van der Waals surface area contributed by atoms with Gasteiger partial charge in [0.25, 0.3) is 0 Å². The van der Waals surface area contributed by atoms with Crippen LogP contribution in [-0.4, -0.2) is 39.6 Å². The van der Waals surface area contributed by atoms with Gasteiger partial charge in [-0.2, -0.15) is 9.97 Å². The van der Waals surface area contributed by atoms with Crippen LogP contribution in [0, 0.1) is 6.92 Å². The quantitative estimate of drug-likeness (QED) is 0.805. The number of aliphatic carboxylic acids is 1. The van der Waals surface area contributed by atoms with E-state index in [9.17, 15) is 4.79 Å². The molecule has 0 saturated carbocycles. The molecule has 0 aliphatic carbocycles. The molecule has 0 unspecified atom stereocenters. The Bertz CT molecular complexity index is 537. The second kappa shape index (κ2) is 3.76. The molecule has 2 rings (SSSR count). The van der Waals surface area contributed by atoms with Crippen LogP contribution >= 0.6 is 0 Å². The van der Waals surface area contributed by atoms with Gasteiger partial charge in [-0.3, -0.25) is 4.79 Å². The molecule has 16 heavy (non-hydrogen) atoms. The van der Waals surface area contributed by atoms with E-state index in [1.54, 1.807) is 14.0 Å². The highest BCUT2D eigenvalue weighted by atomic mass is 16.4. The third-order valence-corrected chi connectivity index (χ3v) is 2.06. The number of rotatable bonds is 3. The van der Waals surface area contributed by atoms with Gasteiger partial charge in [0, 0.05) is 7.05 Å². The molecule has 0 fully saturated rings. The third-order valence-electron chi connectivity index (χ3n) is 2.06. The number of carboxylic acid groups (broad SMARTS) is 1. The van der Waals surface area contributed by atoms with E-state index < -0.39 is 5.97 Å². The van der Waals surface area contributed by atoms with Crippen molar-refractivity contribution < 1.29 is 14.3 Å². The summed E-state index contributed by atoms with van der Waals surface area (Å²) in [6.45, 7) is 1.59. The van der Waals surface area contributed by atoms with Crippen molar-refractivity contribution in [1.29, 1.82) is 0 Å². The Labute approximate surface area is 90.7 Å². The average Bonchev–Trinajstić information content (AvgIpc) is 2.64. The summed E-state index contributed by atoms with van der Waals surface area (Å²) in [5.41, 5.74) is 1.59. The second-order valence-electron chi connectivity index (χ2n) is 3.36. The smallest absolute Gasteiger partial charge is 0.323 e. The summed E-state index contributed by atoms with van der Waals surface area (Å²) in [5.74, 6) is -0.620. The summed E-state index contributed by atoms with van der Waals surface area (Å²) >= 11 is 0. The highest BCUT2D eigenvalue weighted by Crippen LogP contribution is 2.16. The van der Waals surface area contributed by atoms with E-state index in [4.69, 9.17) is 9.52 Å². The maximum atomic E-state index is 10.6. The molecule has 84 valence electrons. The van der Waals surface area contributed by atoms with Crippen LogP contribution in [0.15, 0.2) is 10.8 Å². The van der Waals surface area contributed by atoms with Crippen molar-refractivity contribution in [2.45, 2.75) is 6.92 Å². The van der Waals surface area contributed by atoms with Crippen molar-refractivity contribution in [1.82, 2.24) is 15.0 Å². The molecule has 0 amide bonds. The number of carbonyl (C=O) groups is 1. The minimum Gasteiger partial charge on any atom is -0.480 e. The monoisotopic (exact) mass is 222 g/mol. The van der Waals surface area contributed by atoms with Crippen molar-refractivity contribution in [3.63, 3.8) is 0 Å². The first-order valence-corrected chi connectivity index (χ1v) is 4.58. The molecule has 0 saturated heterocycles. The maximum absolute atomic E-state index is 10.6. The van der Waals surface area contributed by atoms with E-state index in [1.165, 1.54) is 11.3 Å². The van der Waals surface area contributed by atoms with E-state index in [1.807, 2.05) is 0 Å². The largest absolute Gasteiger partial charge is 0.480 e. The van der Waals surface area contributed by atoms with Gasteiger partial charge in [0.05, 0.1) is 5.69 Å². The number of oxazole rings is 1. The number of nitrogens with zero attached hydrogens (tertiary/aromatic N) is 4. The van der Waals surface area contributed by atoms with E-state index in [2.05, 4.69) is 15.0 Å². The zero-order chi connectivity index (χ0) is 11.7. The molecule has 0 spiro atoms. The lowest BCUT2D eigenvalue weighted by Gasteiger charge is -2.13. The fourth-order valence-corrected chi connectivity index (χ4v) is 1.33. The van der Waals surface area contributed by atoms with E-state index >= 15 is 0 Å². The fraction of sp³-hybridized carbons (Fsp3) is 0.333. The van der Waals surface area contributed by atoms with Gasteiger partial charge in [-0.1, -0.05) is 0 Å². The molecule has 0 aliphatic rings. The van der Waals surface area contributed by atoms with Crippen molar-refractivity contribution in [3.05, 3.63) is 12.1 Å². The molecule has 0 atom stereocenters. The molecule has 0 aliphatic heterocycles. The van der Waals surface area contributed by atoms with Crippen LogP contribution in [0.1, 0.15) is 5.69 Å². The van der Waals surface area contributed by atoms with Gasteiger partial charge in [0.1, 0.15) is 6.54 Å². The van der Waals surface area contributed by atoms with Crippen LogP contribution in [-0.2, 0) is 4.79 Å². The van der Waals surface area contributed by atoms with E-state index in [0.717, 1.165) is 0 Å². The van der Waals surface area contributed by atoms with Crippen LogP contribution < -0.4 is 4.90 Å². The van der Waals surface area contributed by atoms with E-state index in [-0.39, 0.29) is 6.54 Å². The Morgan fingerprint density at radius 3 is 3.00 bits per heavy atom. The molecule has 0 aromatic carbocycles. The summed E-state index contributed by atoms with van der Waals surface area (Å²) in [6.07, 6.45) is 1.29. The average molecular weight is 222 g/mol. The number of fused-ring (bicyclic) bond motifs is 1. The Morgan fingerprint density at radius 2 is 2.31 bits per heavy atom. The third kappa shape index (κ3) is 1.79. The standard InChI is InChI=1S/C9H10N4O3/c1-5-7-8(10-4-16-7)12-9(11-5)13(2)3-6(14)15/h4H,3H2,1-2H3,(H,14,15). The summed E-state index contributed by atoms with van der Waals surface area (Å²) < 4.78 is 5.09. The predicted octanol–water partition coefficient (Wildman–Crippen LogP) is 0.447. The first kappa shape index (κ1) is 10.3. The van der Waals surface area contributed by atoms with Crippen LogP contribution in [0.25, 0.3) is 11.2 Å². The number of carboxylic acids is 1. The molecule has 0 radical (unpaired) electrons. The number of hydrogen-bond acceptors (Lipinski definition) is 6. The van der Waals surface area contributed by atoms with Crippen molar-refractivity contribution in [3.8, 4) is 0 Å². The van der Waals surface area contributed by atoms with Gasteiger partial charge in [-0.25, -0.2) is 4.98 Å². The van der Waals surface area contributed by atoms with Gasteiger partial charge in [0.15, 0.2) is 12.0 Å². The van der Waals surface area contributed by atoms with Gasteiger partial charge < -0.3 is 14.4 Å². The highest BCUT2D eigenvalue weighted by molar-refractivity contribution is 5.74. The summed E-state index contributed by atoms with van der Waals surface area (Å²) in [6, 6.07) is 0. The first-order chi connectivity index (χ1) is 7.58. The number of aromatic nitrogens is 3. The molecule has 2 aromatic rings. The topological polar surface area (TPSA) is 92.4 Å². The molecule has 7 heteroatoms. The van der Waals surface area contributed by atoms with Gasteiger partial charge in [0.2, 0.25) is 11.6 Å². The van der Waals surface area contributed by atoms with Crippen molar-refractivity contribution >= 4 is 23.1 Å². The molecular weight excluding hydrogens is 212 g/mol. The lowest BCUT2D eigenvalue weighted by molar-refractivity contribution is -0.135. The van der Waals surface area contributed by atoms with Crippen LogP contribution in [0.5, 0.6) is 0 Å². The molecular formula is C9H10N4O3. The summed E-state index contributed by atoms with van der Waals surface area (Å²) in [4.78, 5) is 24.1. The fourth-order valence-electron chi connectivity index (χ4n) is 1.33. The number of anilines is 1. The Hall–Kier alpha value is -2.18. The molecule has 1 N–H and O–H groups in total. The van der Waals surface area contributed by atoms with Gasteiger partial charge in [-0.15, -0.1) is 0 Å². The molecule has 0 bridgehead atoms.